The second-order valence-electron chi connectivity index (χ2n) is 9.18. The predicted molar refractivity (Wildman–Crippen MR) is 140 cm³/mol. The summed E-state index contributed by atoms with van der Waals surface area (Å²) in [4.78, 5) is 31.7. The lowest BCUT2D eigenvalue weighted by atomic mass is 9.96. The minimum absolute atomic E-state index is 0.0223. The van der Waals surface area contributed by atoms with Crippen molar-refractivity contribution in [2.75, 3.05) is 19.6 Å². The van der Waals surface area contributed by atoms with Crippen molar-refractivity contribution in [2.45, 2.75) is 25.3 Å². The van der Waals surface area contributed by atoms with Crippen molar-refractivity contribution in [3.8, 4) is 6.07 Å². The van der Waals surface area contributed by atoms with Crippen molar-refractivity contribution in [3.05, 3.63) is 107 Å². The first-order valence-corrected chi connectivity index (χ1v) is 12.4. The number of carbonyl (C=O) groups is 2. The summed E-state index contributed by atoms with van der Waals surface area (Å²) < 4.78 is 0. The molecule has 0 spiro atoms. The Hall–Kier alpha value is -4.21. The zero-order valence-electron chi connectivity index (χ0n) is 20.0. The number of Topliss-reactive ketones (excluding diaryl/α,β-unsaturated/α-hetero) is 1. The molecule has 36 heavy (non-hydrogen) atoms. The van der Waals surface area contributed by atoms with Crippen LogP contribution in [0.25, 0.3) is 10.9 Å². The van der Waals surface area contributed by atoms with E-state index in [9.17, 15) is 9.59 Å². The van der Waals surface area contributed by atoms with Crippen LogP contribution in [0.5, 0.6) is 0 Å². The molecule has 6 heteroatoms. The van der Waals surface area contributed by atoms with Crippen molar-refractivity contribution < 1.29 is 9.59 Å². The zero-order valence-corrected chi connectivity index (χ0v) is 20.0. The van der Waals surface area contributed by atoms with Crippen LogP contribution in [0.3, 0.4) is 0 Å². The SMILES string of the molecule is N#Cc1ccc(CCN[C@H](C(=O)c2c[nH]c3cc(C(=O)N4CCCC4)ccc23)c2ccccc2)cc1. The molecular formula is C30H28N4O2. The van der Waals surface area contributed by atoms with Gasteiger partial charge in [0.25, 0.3) is 5.91 Å². The third kappa shape index (κ3) is 4.93. The Kier molecular flexibility index (Phi) is 6.92. The van der Waals surface area contributed by atoms with Gasteiger partial charge in [-0.15, -0.1) is 0 Å². The summed E-state index contributed by atoms with van der Waals surface area (Å²) >= 11 is 0. The highest BCUT2D eigenvalue weighted by molar-refractivity contribution is 6.11. The third-order valence-electron chi connectivity index (χ3n) is 6.83. The van der Waals surface area contributed by atoms with Gasteiger partial charge in [0.15, 0.2) is 5.78 Å². The van der Waals surface area contributed by atoms with E-state index >= 15 is 0 Å². The second-order valence-corrected chi connectivity index (χ2v) is 9.18. The van der Waals surface area contributed by atoms with E-state index in [-0.39, 0.29) is 11.7 Å². The van der Waals surface area contributed by atoms with E-state index < -0.39 is 6.04 Å². The number of nitriles is 1. The molecule has 1 aromatic heterocycles. The number of rotatable bonds is 8. The first-order chi connectivity index (χ1) is 17.6. The Morgan fingerprint density at radius 1 is 1.00 bits per heavy atom. The summed E-state index contributed by atoms with van der Waals surface area (Å²) in [7, 11) is 0. The molecule has 0 aliphatic carbocycles. The highest BCUT2D eigenvalue weighted by atomic mass is 16.2. The normalized spacial score (nSPS) is 14.0. The summed E-state index contributed by atoms with van der Waals surface area (Å²) in [5, 5.41) is 13.3. The number of aromatic amines is 1. The van der Waals surface area contributed by atoms with Crippen LogP contribution < -0.4 is 5.32 Å². The van der Waals surface area contributed by atoms with Gasteiger partial charge in [-0.3, -0.25) is 9.59 Å². The molecule has 2 heterocycles. The molecular weight excluding hydrogens is 448 g/mol. The lowest BCUT2D eigenvalue weighted by molar-refractivity contribution is 0.0792. The van der Waals surface area contributed by atoms with Crippen molar-refractivity contribution in [2.24, 2.45) is 0 Å². The summed E-state index contributed by atoms with van der Waals surface area (Å²) in [6.07, 6.45) is 4.58. The largest absolute Gasteiger partial charge is 0.360 e. The Balaban J connectivity index is 1.36. The second kappa shape index (κ2) is 10.6. The van der Waals surface area contributed by atoms with Crippen molar-refractivity contribution in [1.29, 1.82) is 5.26 Å². The minimum Gasteiger partial charge on any atom is -0.360 e. The van der Waals surface area contributed by atoms with E-state index in [2.05, 4.69) is 16.4 Å². The molecule has 1 aliphatic heterocycles. The molecule has 4 aromatic rings. The molecule has 0 radical (unpaired) electrons. The van der Waals surface area contributed by atoms with Gasteiger partial charge in [0.1, 0.15) is 0 Å². The van der Waals surface area contributed by atoms with Gasteiger partial charge in [-0.05, 0) is 54.7 Å². The van der Waals surface area contributed by atoms with Crippen molar-refractivity contribution >= 4 is 22.6 Å². The van der Waals surface area contributed by atoms with Crippen LogP contribution in [0.15, 0.2) is 79.0 Å². The molecule has 1 atom stereocenters. The number of H-pyrrole nitrogens is 1. The van der Waals surface area contributed by atoms with Crippen LogP contribution in [0.1, 0.15) is 56.3 Å². The average Bonchev–Trinajstić information content (AvgIpc) is 3.61. The van der Waals surface area contributed by atoms with Gasteiger partial charge in [0.05, 0.1) is 17.7 Å². The van der Waals surface area contributed by atoms with Gasteiger partial charge in [0.2, 0.25) is 0 Å². The number of amides is 1. The summed E-state index contributed by atoms with van der Waals surface area (Å²) in [6, 6.07) is 24.4. The Bertz CT molecular complexity index is 1410. The Morgan fingerprint density at radius 3 is 2.47 bits per heavy atom. The first kappa shape index (κ1) is 23.5. The third-order valence-corrected chi connectivity index (χ3v) is 6.83. The van der Waals surface area contributed by atoms with Crippen LogP contribution in [0, 0.1) is 11.3 Å². The predicted octanol–water partition coefficient (Wildman–Crippen LogP) is 5.03. The molecule has 0 bridgehead atoms. The van der Waals surface area contributed by atoms with E-state index in [0.29, 0.717) is 23.2 Å². The van der Waals surface area contributed by atoms with E-state index in [1.807, 2.05) is 77.7 Å². The quantitative estimate of drug-likeness (QED) is 0.349. The van der Waals surface area contributed by atoms with Gasteiger partial charge in [-0.25, -0.2) is 0 Å². The fraction of sp³-hybridized carbons (Fsp3) is 0.233. The van der Waals surface area contributed by atoms with Crippen molar-refractivity contribution in [1.82, 2.24) is 15.2 Å². The van der Waals surface area contributed by atoms with Crippen LogP contribution >= 0.6 is 0 Å². The highest BCUT2D eigenvalue weighted by Crippen LogP contribution is 2.26. The van der Waals surface area contributed by atoms with Gasteiger partial charge >= 0.3 is 0 Å². The number of ketones is 1. The fourth-order valence-electron chi connectivity index (χ4n) is 4.84. The van der Waals surface area contributed by atoms with Gasteiger partial charge in [-0.2, -0.15) is 5.26 Å². The standard InChI is InChI=1S/C30H28N4O2/c31-19-22-10-8-21(9-11-22)14-15-32-28(23-6-2-1-3-7-23)29(35)26-20-33-27-18-24(12-13-25(26)27)30(36)34-16-4-5-17-34/h1-3,6-13,18,20,28,32-33H,4-5,14-17H2/t28-/m0/s1. The molecule has 5 rings (SSSR count). The molecule has 1 amide bonds. The van der Waals surface area contributed by atoms with Crippen LogP contribution in [0.2, 0.25) is 0 Å². The topological polar surface area (TPSA) is 89.0 Å². The minimum atomic E-state index is -0.505. The number of benzene rings is 3. The maximum Gasteiger partial charge on any atom is 0.253 e. The fourth-order valence-corrected chi connectivity index (χ4v) is 4.84. The number of carbonyl (C=O) groups excluding carboxylic acids is 2. The summed E-state index contributed by atoms with van der Waals surface area (Å²) in [6.45, 7) is 2.21. The first-order valence-electron chi connectivity index (χ1n) is 12.4. The summed E-state index contributed by atoms with van der Waals surface area (Å²) in [5.41, 5.74) is 4.66. The molecule has 0 saturated carbocycles. The van der Waals surface area contributed by atoms with E-state index in [1.165, 1.54) is 0 Å². The highest BCUT2D eigenvalue weighted by Gasteiger charge is 2.25. The van der Waals surface area contributed by atoms with Gasteiger partial charge in [-0.1, -0.05) is 48.5 Å². The van der Waals surface area contributed by atoms with E-state index in [4.69, 9.17) is 5.26 Å². The number of hydrogen-bond donors (Lipinski definition) is 2. The average molecular weight is 477 g/mol. The molecule has 6 nitrogen and oxygen atoms in total. The number of aromatic nitrogens is 1. The van der Waals surface area contributed by atoms with Gasteiger partial charge < -0.3 is 15.2 Å². The smallest absolute Gasteiger partial charge is 0.253 e. The Labute approximate surface area is 210 Å². The number of hydrogen-bond acceptors (Lipinski definition) is 4. The molecule has 1 saturated heterocycles. The van der Waals surface area contributed by atoms with Crippen molar-refractivity contribution in [3.63, 3.8) is 0 Å². The summed E-state index contributed by atoms with van der Waals surface area (Å²) in [5.74, 6) is 0.0226. The number of nitrogens with zero attached hydrogens (tertiary/aromatic N) is 2. The van der Waals surface area contributed by atoms with Gasteiger partial charge in [0, 0.05) is 47.9 Å². The molecule has 3 aromatic carbocycles. The van der Waals surface area contributed by atoms with E-state index in [0.717, 1.165) is 54.4 Å². The van der Waals surface area contributed by atoms with Crippen LogP contribution in [0.4, 0.5) is 0 Å². The lowest BCUT2D eigenvalue weighted by Crippen LogP contribution is -2.30. The zero-order chi connectivity index (χ0) is 24.9. The number of fused-ring (bicyclic) bond motifs is 1. The van der Waals surface area contributed by atoms with Crippen LogP contribution in [-0.4, -0.2) is 41.2 Å². The molecule has 180 valence electrons. The Morgan fingerprint density at radius 2 is 1.75 bits per heavy atom. The molecule has 0 unspecified atom stereocenters. The maximum absolute atomic E-state index is 13.8. The molecule has 1 aliphatic rings. The maximum atomic E-state index is 13.8. The molecule has 1 fully saturated rings. The molecule has 2 N–H and O–H groups in total. The number of likely N-dealkylation sites (tertiary alicyclic amines) is 1. The van der Waals surface area contributed by atoms with Crippen LogP contribution in [-0.2, 0) is 6.42 Å². The lowest BCUT2D eigenvalue weighted by Gasteiger charge is -2.18. The monoisotopic (exact) mass is 476 g/mol. The van der Waals surface area contributed by atoms with E-state index in [1.54, 1.807) is 6.20 Å². The number of nitrogens with one attached hydrogen (secondary N) is 2.